The lowest BCUT2D eigenvalue weighted by molar-refractivity contribution is 0.384. The van der Waals surface area contributed by atoms with Crippen molar-refractivity contribution in [3.63, 3.8) is 0 Å². The Balaban J connectivity index is 1.42. The van der Waals surface area contributed by atoms with Crippen LogP contribution >= 0.6 is 0 Å². The number of aromatic nitrogens is 7. The molecule has 0 radical (unpaired) electrons. The van der Waals surface area contributed by atoms with Gasteiger partial charge in [-0.1, -0.05) is 6.42 Å². The zero-order valence-electron chi connectivity index (χ0n) is 14.0. The summed E-state index contributed by atoms with van der Waals surface area (Å²) in [5, 5.41) is 12.5. The smallest absolute Gasteiger partial charge is 0.182 e. The normalized spacial score (nSPS) is 21.3. The molecule has 3 aromatic heterocycles. The monoisotopic (exact) mass is 339 g/mol. The van der Waals surface area contributed by atoms with E-state index in [1.165, 1.54) is 12.8 Å². The van der Waals surface area contributed by atoms with Gasteiger partial charge >= 0.3 is 0 Å². The molecular formula is C16H21N9. The highest BCUT2D eigenvalue weighted by molar-refractivity contribution is 5.82. The van der Waals surface area contributed by atoms with Crippen LogP contribution in [-0.4, -0.2) is 54.3 Å². The zero-order valence-corrected chi connectivity index (χ0v) is 14.0. The Bertz CT molecular complexity index is 877. The summed E-state index contributed by atoms with van der Waals surface area (Å²) >= 11 is 0. The lowest BCUT2D eigenvalue weighted by atomic mass is 10.0. The van der Waals surface area contributed by atoms with Gasteiger partial charge in [0, 0.05) is 26.1 Å². The van der Waals surface area contributed by atoms with Crippen molar-refractivity contribution in [1.29, 1.82) is 0 Å². The predicted octanol–water partition coefficient (Wildman–Crippen LogP) is 0.822. The second-order valence-electron chi connectivity index (χ2n) is 6.66. The first-order valence-corrected chi connectivity index (χ1v) is 8.94. The van der Waals surface area contributed by atoms with E-state index in [2.05, 4.69) is 44.9 Å². The summed E-state index contributed by atoms with van der Waals surface area (Å²) in [6.45, 7) is 3.67. The van der Waals surface area contributed by atoms with Gasteiger partial charge < -0.3 is 19.8 Å². The van der Waals surface area contributed by atoms with Gasteiger partial charge in [0.2, 0.25) is 0 Å². The number of anilines is 1. The summed E-state index contributed by atoms with van der Waals surface area (Å²) in [6.07, 6.45) is 7.76. The summed E-state index contributed by atoms with van der Waals surface area (Å²) in [6, 6.07) is 0.333. The maximum Gasteiger partial charge on any atom is 0.182 e. The lowest BCUT2D eigenvalue weighted by Crippen LogP contribution is -2.31. The van der Waals surface area contributed by atoms with E-state index in [0.29, 0.717) is 11.7 Å². The second-order valence-corrected chi connectivity index (χ2v) is 6.66. The maximum atomic E-state index is 4.49. The van der Waals surface area contributed by atoms with E-state index in [4.69, 9.17) is 0 Å². The van der Waals surface area contributed by atoms with Crippen molar-refractivity contribution in [2.24, 2.45) is 0 Å². The fourth-order valence-corrected chi connectivity index (χ4v) is 3.88. The van der Waals surface area contributed by atoms with Crippen molar-refractivity contribution in [2.75, 3.05) is 24.5 Å². The molecule has 5 heterocycles. The Hall–Kier alpha value is -2.55. The van der Waals surface area contributed by atoms with E-state index in [1.54, 1.807) is 12.7 Å². The van der Waals surface area contributed by atoms with Crippen molar-refractivity contribution >= 4 is 17.0 Å². The predicted molar refractivity (Wildman–Crippen MR) is 92.2 cm³/mol. The first-order chi connectivity index (χ1) is 12.4. The van der Waals surface area contributed by atoms with Gasteiger partial charge in [-0.25, -0.2) is 15.0 Å². The molecule has 3 aromatic rings. The van der Waals surface area contributed by atoms with E-state index in [0.717, 1.165) is 62.0 Å². The van der Waals surface area contributed by atoms with Gasteiger partial charge in [0.25, 0.3) is 0 Å². The number of hydrogen-bond acceptors (Lipinski definition) is 7. The number of fused-ring (bicyclic) bond motifs is 2. The minimum atomic E-state index is 0.333. The van der Waals surface area contributed by atoms with Gasteiger partial charge in [-0.2, -0.15) is 0 Å². The van der Waals surface area contributed by atoms with Gasteiger partial charge in [-0.05, 0) is 19.4 Å². The molecule has 5 rings (SSSR count). The van der Waals surface area contributed by atoms with Crippen molar-refractivity contribution in [3.8, 4) is 0 Å². The van der Waals surface area contributed by atoms with Gasteiger partial charge in [0.05, 0.1) is 12.4 Å². The van der Waals surface area contributed by atoms with Crippen LogP contribution in [0.15, 0.2) is 12.7 Å². The number of hydrogen-bond donors (Lipinski definition) is 2. The van der Waals surface area contributed by atoms with Gasteiger partial charge in [0.1, 0.15) is 23.5 Å². The first kappa shape index (κ1) is 14.8. The fraction of sp³-hybridized carbons (Fsp3) is 0.562. The average molecular weight is 339 g/mol. The number of nitrogens with one attached hydrogen (secondary N) is 2. The van der Waals surface area contributed by atoms with Crippen LogP contribution in [0.25, 0.3) is 11.2 Å². The first-order valence-electron chi connectivity index (χ1n) is 8.94. The van der Waals surface area contributed by atoms with E-state index in [9.17, 15) is 0 Å². The Morgan fingerprint density at radius 3 is 2.96 bits per heavy atom. The molecular weight excluding hydrogens is 318 g/mol. The van der Waals surface area contributed by atoms with E-state index in [1.807, 2.05) is 0 Å². The fourth-order valence-electron chi connectivity index (χ4n) is 3.88. The summed E-state index contributed by atoms with van der Waals surface area (Å²) in [5.41, 5.74) is 1.61. The molecule has 0 bridgehead atoms. The SMILES string of the molecule is c1nc(N2CCc3nnc(C4CCCCN4)n3CC2)c2[nH]cnc2n1. The van der Waals surface area contributed by atoms with Crippen LogP contribution in [0.4, 0.5) is 5.82 Å². The summed E-state index contributed by atoms with van der Waals surface area (Å²) in [4.78, 5) is 18.4. The molecule has 9 nitrogen and oxygen atoms in total. The third-order valence-electron chi connectivity index (χ3n) is 5.18. The van der Waals surface area contributed by atoms with E-state index < -0.39 is 0 Å². The summed E-state index contributed by atoms with van der Waals surface area (Å²) < 4.78 is 2.30. The van der Waals surface area contributed by atoms with Crippen molar-refractivity contribution in [3.05, 3.63) is 24.3 Å². The minimum Gasteiger partial charge on any atom is -0.352 e. The van der Waals surface area contributed by atoms with Crippen LogP contribution in [0, 0.1) is 0 Å². The lowest BCUT2D eigenvalue weighted by Gasteiger charge is -2.24. The number of H-pyrrole nitrogens is 1. The number of piperidine rings is 1. The molecule has 2 aliphatic heterocycles. The molecule has 1 atom stereocenters. The minimum absolute atomic E-state index is 0.333. The Morgan fingerprint density at radius 2 is 2.04 bits per heavy atom. The molecule has 2 N–H and O–H groups in total. The average Bonchev–Trinajstić information content (AvgIpc) is 3.25. The van der Waals surface area contributed by atoms with Crippen molar-refractivity contribution < 1.29 is 0 Å². The standard InChI is InChI=1S/C16H21N9/c1-2-5-17-11(3-1)15-23-22-12-4-6-24(7-8-25(12)15)16-13-14(19-9-18-13)20-10-21-16/h9-11,17H,1-8H2,(H,18,19,20,21). The van der Waals surface area contributed by atoms with Crippen molar-refractivity contribution in [1.82, 2.24) is 40.0 Å². The molecule has 1 saturated heterocycles. The molecule has 0 aliphatic carbocycles. The molecule has 0 spiro atoms. The van der Waals surface area contributed by atoms with Crippen molar-refractivity contribution in [2.45, 2.75) is 38.3 Å². The second kappa shape index (κ2) is 6.07. The van der Waals surface area contributed by atoms with Crippen LogP contribution < -0.4 is 10.2 Å². The Morgan fingerprint density at radius 1 is 1.04 bits per heavy atom. The number of rotatable bonds is 2. The molecule has 25 heavy (non-hydrogen) atoms. The molecule has 0 saturated carbocycles. The summed E-state index contributed by atoms with van der Waals surface area (Å²) in [5.74, 6) is 3.07. The molecule has 130 valence electrons. The Labute approximate surface area is 144 Å². The topological polar surface area (TPSA) is 100 Å². The highest BCUT2D eigenvalue weighted by Crippen LogP contribution is 2.25. The molecule has 9 heteroatoms. The van der Waals surface area contributed by atoms with Crippen LogP contribution in [0.3, 0.4) is 0 Å². The van der Waals surface area contributed by atoms with Gasteiger partial charge in [-0.3, -0.25) is 0 Å². The van der Waals surface area contributed by atoms with Crippen LogP contribution in [0.2, 0.25) is 0 Å². The largest absolute Gasteiger partial charge is 0.352 e. The van der Waals surface area contributed by atoms with Gasteiger partial charge in [0.15, 0.2) is 11.5 Å². The molecule has 2 aliphatic rings. The third-order valence-corrected chi connectivity index (χ3v) is 5.18. The number of nitrogens with zero attached hydrogens (tertiary/aromatic N) is 7. The molecule has 0 aromatic carbocycles. The Kier molecular flexibility index (Phi) is 3.58. The van der Waals surface area contributed by atoms with Gasteiger partial charge in [-0.15, -0.1) is 10.2 Å². The van der Waals surface area contributed by atoms with Crippen LogP contribution in [-0.2, 0) is 13.0 Å². The number of imidazole rings is 1. The van der Waals surface area contributed by atoms with Crippen LogP contribution in [0.1, 0.15) is 37.0 Å². The number of aromatic amines is 1. The highest BCUT2D eigenvalue weighted by atomic mass is 15.3. The van der Waals surface area contributed by atoms with E-state index >= 15 is 0 Å². The van der Waals surface area contributed by atoms with E-state index in [-0.39, 0.29) is 0 Å². The molecule has 0 amide bonds. The van der Waals surface area contributed by atoms with Crippen LogP contribution in [0.5, 0.6) is 0 Å². The quantitative estimate of drug-likeness (QED) is 0.713. The highest BCUT2D eigenvalue weighted by Gasteiger charge is 2.26. The third kappa shape index (κ3) is 2.55. The molecule has 1 fully saturated rings. The maximum absolute atomic E-state index is 4.49. The molecule has 1 unspecified atom stereocenters. The summed E-state index contributed by atoms with van der Waals surface area (Å²) in [7, 11) is 0. The zero-order chi connectivity index (χ0) is 16.6.